The van der Waals surface area contributed by atoms with Crippen molar-refractivity contribution < 1.29 is 0 Å². The van der Waals surface area contributed by atoms with Crippen molar-refractivity contribution in [2.45, 2.75) is 23.5 Å². The number of hydrogen-bond donors (Lipinski definition) is 1. The lowest BCUT2D eigenvalue weighted by molar-refractivity contribution is 0.940. The fourth-order valence-corrected chi connectivity index (χ4v) is 3.01. The molecule has 86 valence electrons. The summed E-state index contributed by atoms with van der Waals surface area (Å²) in [6.45, 7) is 2.04. The molecule has 0 radical (unpaired) electrons. The van der Waals surface area contributed by atoms with E-state index in [0.29, 0.717) is 5.16 Å². The van der Waals surface area contributed by atoms with E-state index < -0.39 is 0 Å². The van der Waals surface area contributed by atoms with Gasteiger partial charge in [0.15, 0.2) is 0 Å². The van der Waals surface area contributed by atoms with E-state index >= 15 is 0 Å². The Morgan fingerprint density at radius 2 is 2.35 bits per heavy atom. The van der Waals surface area contributed by atoms with Gasteiger partial charge in [-0.25, -0.2) is 15.0 Å². The molecule has 0 aliphatic heterocycles. The minimum atomic E-state index is 0.702. The van der Waals surface area contributed by atoms with Crippen LogP contribution in [0, 0.1) is 0 Å². The fraction of sp³-hybridized carbons (Fsp3) is 0.200. The van der Waals surface area contributed by atoms with E-state index in [1.165, 1.54) is 11.8 Å². The van der Waals surface area contributed by atoms with Crippen LogP contribution < -0.4 is 0 Å². The summed E-state index contributed by atoms with van der Waals surface area (Å²) in [4.78, 5) is 13.8. The quantitative estimate of drug-likeness (QED) is 0.735. The molecule has 17 heavy (non-hydrogen) atoms. The van der Waals surface area contributed by atoms with E-state index in [4.69, 9.17) is 0 Å². The Morgan fingerprint density at radius 3 is 3.18 bits per heavy atom. The molecular weight excluding hydrogens is 254 g/mol. The first-order valence-corrected chi connectivity index (χ1v) is 6.83. The molecule has 0 fully saturated rings. The van der Waals surface area contributed by atoms with Crippen molar-refractivity contribution in [2.24, 2.45) is 0 Å². The van der Waals surface area contributed by atoms with E-state index in [1.807, 2.05) is 18.4 Å². The average Bonchev–Trinajstić information content (AvgIpc) is 2.97. The van der Waals surface area contributed by atoms with Gasteiger partial charge in [0.1, 0.15) is 22.0 Å². The Bertz CT molecular complexity index is 645. The van der Waals surface area contributed by atoms with Gasteiger partial charge in [-0.2, -0.15) is 0 Å². The summed E-state index contributed by atoms with van der Waals surface area (Å²) in [7, 11) is 0. The van der Waals surface area contributed by atoms with Crippen LogP contribution in [0.15, 0.2) is 28.0 Å². The number of aromatic amines is 1. The molecule has 1 N–H and O–H groups in total. The molecule has 0 spiro atoms. The van der Waals surface area contributed by atoms with Gasteiger partial charge in [0.05, 0.1) is 0 Å². The van der Waals surface area contributed by atoms with Gasteiger partial charge in [-0.05, 0) is 23.2 Å². The van der Waals surface area contributed by atoms with E-state index in [-0.39, 0.29) is 0 Å². The van der Waals surface area contributed by atoms with E-state index in [0.717, 1.165) is 27.5 Å². The lowest BCUT2D eigenvalue weighted by Gasteiger charge is -1.96. The van der Waals surface area contributed by atoms with Gasteiger partial charge < -0.3 is 0 Å². The van der Waals surface area contributed by atoms with Crippen LogP contribution in [-0.4, -0.2) is 25.1 Å². The van der Waals surface area contributed by atoms with Gasteiger partial charge in [-0.1, -0.05) is 6.92 Å². The van der Waals surface area contributed by atoms with Gasteiger partial charge in [0, 0.05) is 11.8 Å². The van der Waals surface area contributed by atoms with E-state index in [1.54, 1.807) is 17.7 Å². The summed E-state index contributed by atoms with van der Waals surface area (Å²) in [5.74, 6) is 0.892. The zero-order valence-electron chi connectivity index (χ0n) is 9.04. The molecule has 3 aromatic heterocycles. The summed E-state index contributed by atoms with van der Waals surface area (Å²) >= 11 is 3.07. The molecule has 0 atom stereocenters. The number of nitrogens with one attached hydrogen (secondary N) is 1. The Balaban J connectivity index is 1.96. The maximum atomic E-state index is 4.35. The number of fused-ring (bicyclic) bond motifs is 1. The van der Waals surface area contributed by atoms with Gasteiger partial charge >= 0.3 is 0 Å². The third kappa shape index (κ3) is 2.03. The number of rotatable bonds is 3. The zero-order chi connectivity index (χ0) is 11.7. The van der Waals surface area contributed by atoms with Crippen molar-refractivity contribution in [1.29, 1.82) is 0 Å². The number of aryl methyl sites for hydroxylation is 1. The molecule has 0 saturated heterocycles. The normalized spacial score (nSPS) is 11.1. The first-order chi connectivity index (χ1) is 8.36. The van der Waals surface area contributed by atoms with Crippen LogP contribution >= 0.6 is 23.1 Å². The summed E-state index contributed by atoms with van der Waals surface area (Å²) in [6, 6.07) is 2.02. The van der Waals surface area contributed by atoms with Crippen molar-refractivity contribution in [3.05, 3.63) is 23.6 Å². The van der Waals surface area contributed by atoms with Crippen molar-refractivity contribution in [3.8, 4) is 0 Å². The average molecular weight is 263 g/mol. The highest BCUT2D eigenvalue weighted by atomic mass is 32.2. The minimum Gasteiger partial charge on any atom is -0.262 e. The second kappa shape index (κ2) is 4.42. The van der Waals surface area contributed by atoms with Crippen molar-refractivity contribution in [1.82, 2.24) is 25.1 Å². The van der Waals surface area contributed by atoms with Crippen molar-refractivity contribution in [2.75, 3.05) is 0 Å². The highest BCUT2D eigenvalue weighted by Crippen LogP contribution is 2.30. The predicted octanol–water partition coefficient (Wildman–Crippen LogP) is 2.52. The second-order valence-electron chi connectivity index (χ2n) is 3.34. The Hall–Kier alpha value is -1.47. The first kappa shape index (κ1) is 10.7. The van der Waals surface area contributed by atoms with Crippen molar-refractivity contribution >= 4 is 33.3 Å². The van der Waals surface area contributed by atoms with Crippen molar-refractivity contribution in [3.63, 3.8) is 0 Å². The minimum absolute atomic E-state index is 0.702. The molecular formula is C10H9N5S2. The third-order valence-corrected chi connectivity index (χ3v) is 3.96. The summed E-state index contributed by atoms with van der Waals surface area (Å²) < 4.78 is 0. The Labute approximate surface area is 106 Å². The van der Waals surface area contributed by atoms with Gasteiger partial charge in [0.2, 0.25) is 5.16 Å². The monoisotopic (exact) mass is 263 g/mol. The predicted molar refractivity (Wildman–Crippen MR) is 67.3 cm³/mol. The van der Waals surface area contributed by atoms with E-state index in [2.05, 4.69) is 25.1 Å². The first-order valence-electron chi connectivity index (χ1n) is 5.14. The molecule has 0 aliphatic rings. The van der Waals surface area contributed by atoms with E-state index in [9.17, 15) is 0 Å². The molecule has 0 aliphatic carbocycles. The Morgan fingerprint density at radius 1 is 1.41 bits per heavy atom. The molecule has 7 heteroatoms. The summed E-state index contributed by atoms with van der Waals surface area (Å²) in [5, 5.41) is 11.7. The van der Waals surface area contributed by atoms with Gasteiger partial charge in [-0.15, -0.1) is 16.4 Å². The molecule has 5 nitrogen and oxygen atoms in total. The van der Waals surface area contributed by atoms with Crippen LogP contribution in [0.3, 0.4) is 0 Å². The van der Waals surface area contributed by atoms with Crippen LogP contribution in [0.5, 0.6) is 0 Å². The summed E-state index contributed by atoms with van der Waals surface area (Å²) in [6.07, 6.45) is 2.43. The van der Waals surface area contributed by atoms with Gasteiger partial charge in [-0.3, -0.25) is 5.10 Å². The number of nitrogens with zero attached hydrogens (tertiary/aromatic N) is 4. The van der Waals surface area contributed by atoms with Crippen LogP contribution in [-0.2, 0) is 6.42 Å². The molecule has 3 heterocycles. The standard InChI is InChI=1S/C10H9N5S2/c1-2-7-13-10(15-14-7)17-9-6-3-4-16-8(6)11-5-12-9/h3-5H,2H2,1H3,(H,13,14,15). The zero-order valence-corrected chi connectivity index (χ0v) is 10.7. The second-order valence-corrected chi connectivity index (χ2v) is 5.19. The van der Waals surface area contributed by atoms with Crippen LogP contribution in [0.2, 0.25) is 0 Å². The lowest BCUT2D eigenvalue weighted by Crippen LogP contribution is -1.84. The molecule has 3 aromatic rings. The lowest BCUT2D eigenvalue weighted by atomic mass is 10.4. The number of thiophene rings is 1. The molecule has 0 unspecified atom stereocenters. The molecule has 0 bridgehead atoms. The fourth-order valence-electron chi connectivity index (χ4n) is 1.42. The number of aromatic nitrogens is 5. The highest BCUT2D eigenvalue weighted by molar-refractivity contribution is 7.99. The molecule has 3 rings (SSSR count). The Kier molecular flexibility index (Phi) is 2.77. The maximum absolute atomic E-state index is 4.35. The largest absolute Gasteiger partial charge is 0.262 e. The molecule has 0 aromatic carbocycles. The number of hydrogen-bond acceptors (Lipinski definition) is 6. The van der Waals surface area contributed by atoms with Crippen LogP contribution in [0.4, 0.5) is 0 Å². The smallest absolute Gasteiger partial charge is 0.214 e. The SMILES string of the molecule is CCc1nc(Sc2ncnc3sccc23)n[nH]1. The van der Waals surface area contributed by atoms with Crippen LogP contribution in [0.25, 0.3) is 10.2 Å². The number of H-pyrrole nitrogens is 1. The van der Waals surface area contributed by atoms with Gasteiger partial charge in [0.25, 0.3) is 0 Å². The summed E-state index contributed by atoms with van der Waals surface area (Å²) in [5.41, 5.74) is 0. The maximum Gasteiger partial charge on any atom is 0.214 e. The topological polar surface area (TPSA) is 67.3 Å². The molecule has 0 saturated carbocycles. The third-order valence-electron chi connectivity index (χ3n) is 2.26. The highest BCUT2D eigenvalue weighted by Gasteiger charge is 2.09. The van der Waals surface area contributed by atoms with Crippen LogP contribution in [0.1, 0.15) is 12.7 Å². The molecule has 0 amide bonds.